The molecule has 2 rings (SSSR count). The molecule has 0 aliphatic rings. The van der Waals surface area contributed by atoms with Crippen LogP contribution in [0.5, 0.6) is 11.5 Å². The van der Waals surface area contributed by atoms with Crippen LogP contribution in [-0.2, 0) is 19.6 Å². The van der Waals surface area contributed by atoms with Crippen LogP contribution >= 0.6 is 0 Å². The standard InChI is InChI=1S/C18H22N2O6S/c1-24-11-10-19-18(21)13-26-15-6-8-17(9-7-15)27(22,23)20-14-4-3-5-16(12-14)25-2/h3-9,12,20H,10-11,13H2,1-2H3,(H,19,21). The predicted octanol–water partition coefficient (Wildman–Crippen LogP) is 1.64. The molecule has 2 N–H and O–H groups in total. The van der Waals surface area contributed by atoms with E-state index < -0.39 is 10.0 Å². The van der Waals surface area contributed by atoms with Crippen molar-refractivity contribution in [1.82, 2.24) is 5.32 Å². The molecular formula is C18H22N2O6S. The third-order valence-electron chi connectivity index (χ3n) is 3.45. The summed E-state index contributed by atoms with van der Waals surface area (Å²) in [4.78, 5) is 11.6. The minimum absolute atomic E-state index is 0.0715. The topological polar surface area (TPSA) is 103 Å². The van der Waals surface area contributed by atoms with Crippen LogP contribution in [-0.4, -0.2) is 48.3 Å². The van der Waals surface area contributed by atoms with Gasteiger partial charge in [-0.2, -0.15) is 0 Å². The summed E-state index contributed by atoms with van der Waals surface area (Å²) < 4.78 is 42.6. The molecule has 0 heterocycles. The van der Waals surface area contributed by atoms with Crippen LogP contribution in [0.4, 0.5) is 5.69 Å². The first-order valence-corrected chi connectivity index (χ1v) is 9.58. The van der Waals surface area contributed by atoms with Gasteiger partial charge in [0.05, 0.1) is 24.3 Å². The summed E-state index contributed by atoms with van der Waals surface area (Å²) in [6.07, 6.45) is 0. The van der Waals surface area contributed by atoms with Gasteiger partial charge in [0.25, 0.3) is 15.9 Å². The number of carbonyl (C=O) groups excluding carboxylic acids is 1. The van der Waals surface area contributed by atoms with E-state index in [9.17, 15) is 13.2 Å². The second-order valence-corrected chi connectivity index (χ2v) is 7.12. The third-order valence-corrected chi connectivity index (χ3v) is 4.85. The predicted molar refractivity (Wildman–Crippen MR) is 101 cm³/mol. The fourth-order valence-electron chi connectivity index (χ4n) is 2.11. The molecule has 27 heavy (non-hydrogen) atoms. The van der Waals surface area contributed by atoms with E-state index in [1.165, 1.54) is 31.4 Å². The second-order valence-electron chi connectivity index (χ2n) is 5.44. The molecule has 0 bridgehead atoms. The molecule has 2 aromatic carbocycles. The molecular weight excluding hydrogens is 372 g/mol. The lowest BCUT2D eigenvalue weighted by Gasteiger charge is -2.10. The minimum Gasteiger partial charge on any atom is -0.497 e. The molecule has 2 aromatic rings. The van der Waals surface area contributed by atoms with Gasteiger partial charge in [-0.3, -0.25) is 9.52 Å². The zero-order valence-corrected chi connectivity index (χ0v) is 15.9. The van der Waals surface area contributed by atoms with Crippen molar-refractivity contribution in [1.29, 1.82) is 0 Å². The maximum absolute atomic E-state index is 12.5. The van der Waals surface area contributed by atoms with Gasteiger partial charge in [0.2, 0.25) is 0 Å². The number of sulfonamides is 1. The molecule has 0 radical (unpaired) electrons. The first kappa shape index (κ1) is 20.5. The molecule has 8 nitrogen and oxygen atoms in total. The maximum Gasteiger partial charge on any atom is 0.261 e. The molecule has 1 amide bonds. The molecule has 0 aliphatic carbocycles. The van der Waals surface area contributed by atoms with E-state index in [4.69, 9.17) is 14.2 Å². The third kappa shape index (κ3) is 6.46. The average Bonchev–Trinajstić information content (AvgIpc) is 2.66. The molecule has 0 saturated heterocycles. The molecule has 0 spiro atoms. The molecule has 0 atom stereocenters. The Morgan fingerprint density at radius 2 is 1.78 bits per heavy atom. The van der Waals surface area contributed by atoms with Crippen molar-refractivity contribution < 1.29 is 27.4 Å². The average molecular weight is 394 g/mol. The Kier molecular flexibility index (Phi) is 7.44. The maximum atomic E-state index is 12.5. The van der Waals surface area contributed by atoms with Gasteiger partial charge in [-0.1, -0.05) is 6.07 Å². The number of nitrogens with one attached hydrogen (secondary N) is 2. The lowest BCUT2D eigenvalue weighted by atomic mass is 10.3. The lowest BCUT2D eigenvalue weighted by molar-refractivity contribution is -0.123. The number of carbonyl (C=O) groups is 1. The Bertz CT molecular complexity index is 852. The van der Waals surface area contributed by atoms with E-state index in [2.05, 4.69) is 10.0 Å². The van der Waals surface area contributed by atoms with Crippen molar-refractivity contribution in [3.8, 4) is 11.5 Å². The van der Waals surface area contributed by atoms with Crippen LogP contribution in [0.3, 0.4) is 0 Å². The van der Waals surface area contributed by atoms with Crippen molar-refractivity contribution in [3.05, 3.63) is 48.5 Å². The first-order chi connectivity index (χ1) is 12.9. The Hall–Kier alpha value is -2.78. The quantitative estimate of drug-likeness (QED) is 0.594. The van der Waals surface area contributed by atoms with Gasteiger partial charge in [-0.15, -0.1) is 0 Å². The van der Waals surface area contributed by atoms with Crippen molar-refractivity contribution in [2.45, 2.75) is 4.90 Å². The van der Waals surface area contributed by atoms with E-state index in [-0.39, 0.29) is 17.4 Å². The Balaban J connectivity index is 1.95. The van der Waals surface area contributed by atoms with E-state index in [0.29, 0.717) is 30.3 Å². The van der Waals surface area contributed by atoms with Crippen molar-refractivity contribution in [2.24, 2.45) is 0 Å². The second kappa shape index (κ2) is 9.79. The van der Waals surface area contributed by atoms with E-state index >= 15 is 0 Å². The van der Waals surface area contributed by atoms with Crippen LogP contribution < -0.4 is 19.5 Å². The van der Waals surface area contributed by atoms with Crippen LogP contribution in [0.15, 0.2) is 53.4 Å². The molecule has 0 aliphatic heterocycles. The number of hydrogen-bond donors (Lipinski definition) is 2. The summed E-state index contributed by atoms with van der Waals surface area (Å²) >= 11 is 0. The smallest absolute Gasteiger partial charge is 0.261 e. The fourth-order valence-corrected chi connectivity index (χ4v) is 3.16. The van der Waals surface area contributed by atoms with Crippen LogP contribution in [0.25, 0.3) is 0 Å². The SMILES string of the molecule is COCCNC(=O)COc1ccc(S(=O)(=O)Nc2cccc(OC)c2)cc1. The molecule has 146 valence electrons. The minimum atomic E-state index is -3.76. The van der Waals surface area contributed by atoms with E-state index in [1.807, 2.05) is 0 Å². The highest BCUT2D eigenvalue weighted by Crippen LogP contribution is 2.22. The molecule has 0 fully saturated rings. The van der Waals surface area contributed by atoms with Crippen LogP contribution in [0, 0.1) is 0 Å². The number of benzene rings is 2. The normalized spacial score (nSPS) is 10.9. The Morgan fingerprint density at radius 1 is 1.04 bits per heavy atom. The summed E-state index contributed by atoms with van der Waals surface area (Å²) in [6, 6.07) is 12.4. The van der Waals surface area contributed by atoms with Gasteiger partial charge in [-0.05, 0) is 36.4 Å². The van der Waals surface area contributed by atoms with E-state index in [0.717, 1.165) is 0 Å². The summed E-state index contributed by atoms with van der Waals surface area (Å²) in [5.74, 6) is 0.642. The zero-order valence-electron chi connectivity index (χ0n) is 15.1. The number of methoxy groups -OCH3 is 2. The molecule has 0 unspecified atom stereocenters. The highest BCUT2D eigenvalue weighted by atomic mass is 32.2. The van der Waals surface area contributed by atoms with Gasteiger partial charge < -0.3 is 19.5 Å². The number of ether oxygens (including phenoxy) is 3. The van der Waals surface area contributed by atoms with Crippen molar-refractivity contribution in [3.63, 3.8) is 0 Å². The highest BCUT2D eigenvalue weighted by molar-refractivity contribution is 7.92. The Labute approximate surface area is 158 Å². The molecule has 9 heteroatoms. The molecule has 0 saturated carbocycles. The monoisotopic (exact) mass is 394 g/mol. The van der Waals surface area contributed by atoms with Crippen molar-refractivity contribution >= 4 is 21.6 Å². The lowest BCUT2D eigenvalue weighted by Crippen LogP contribution is -2.31. The first-order valence-electron chi connectivity index (χ1n) is 8.10. The van der Waals surface area contributed by atoms with Crippen molar-refractivity contribution in [2.75, 3.05) is 38.7 Å². The van der Waals surface area contributed by atoms with Gasteiger partial charge in [0.15, 0.2) is 6.61 Å². The van der Waals surface area contributed by atoms with Gasteiger partial charge in [0, 0.05) is 19.7 Å². The number of amides is 1. The summed E-state index contributed by atoms with van der Waals surface area (Å²) in [7, 11) is -0.708. The summed E-state index contributed by atoms with van der Waals surface area (Å²) in [6.45, 7) is 0.641. The Morgan fingerprint density at radius 3 is 2.44 bits per heavy atom. The summed E-state index contributed by atoms with van der Waals surface area (Å²) in [5, 5.41) is 2.62. The number of hydrogen-bond acceptors (Lipinski definition) is 6. The van der Waals surface area contributed by atoms with Crippen LogP contribution in [0.1, 0.15) is 0 Å². The number of anilines is 1. The van der Waals surface area contributed by atoms with Gasteiger partial charge >= 0.3 is 0 Å². The van der Waals surface area contributed by atoms with E-state index in [1.54, 1.807) is 31.4 Å². The zero-order chi connectivity index (χ0) is 19.7. The van der Waals surface area contributed by atoms with Gasteiger partial charge in [-0.25, -0.2) is 8.42 Å². The highest BCUT2D eigenvalue weighted by Gasteiger charge is 2.14. The summed E-state index contributed by atoms with van der Waals surface area (Å²) in [5.41, 5.74) is 0.391. The largest absolute Gasteiger partial charge is 0.497 e. The number of rotatable bonds is 10. The fraction of sp³-hybridized carbons (Fsp3) is 0.278. The van der Waals surface area contributed by atoms with Gasteiger partial charge in [0.1, 0.15) is 11.5 Å². The molecule has 0 aromatic heterocycles. The van der Waals surface area contributed by atoms with Crippen LogP contribution in [0.2, 0.25) is 0 Å².